The highest BCUT2D eigenvalue weighted by Gasteiger charge is 2.31. The van der Waals surface area contributed by atoms with Crippen molar-refractivity contribution in [1.82, 2.24) is 14.4 Å². The molecule has 5 heteroatoms. The van der Waals surface area contributed by atoms with Crippen molar-refractivity contribution >= 4 is 17.2 Å². The topological polar surface area (TPSA) is 30.2 Å². The van der Waals surface area contributed by atoms with Crippen molar-refractivity contribution in [1.29, 1.82) is 0 Å². The van der Waals surface area contributed by atoms with Crippen LogP contribution in [0.5, 0.6) is 0 Å². The fourth-order valence-corrected chi connectivity index (χ4v) is 2.70. The molecular formula is C15H11ClFN3. The van der Waals surface area contributed by atoms with Gasteiger partial charge in [0.1, 0.15) is 11.5 Å². The summed E-state index contributed by atoms with van der Waals surface area (Å²) < 4.78 is 15.4. The maximum absolute atomic E-state index is 13.4. The van der Waals surface area contributed by atoms with Crippen LogP contribution in [0.2, 0.25) is 5.02 Å². The SMILES string of the molecule is Fc1cncc(-c2nc3ccc(Cl)cn3c2C2CC2)c1. The number of imidazole rings is 1. The molecule has 4 rings (SSSR count). The third kappa shape index (κ3) is 1.88. The number of fused-ring (bicyclic) bond motifs is 1. The van der Waals surface area contributed by atoms with Gasteiger partial charge in [-0.05, 0) is 31.0 Å². The summed E-state index contributed by atoms with van der Waals surface area (Å²) in [6, 6.07) is 5.17. The largest absolute Gasteiger partial charge is 0.302 e. The molecule has 0 aromatic carbocycles. The van der Waals surface area contributed by atoms with Gasteiger partial charge in [-0.3, -0.25) is 4.98 Å². The lowest BCUT2D eigenvalue weighted by Crippen LogP contribution is -1.93. The van der Waals surface area contributed by atoms with Gasteiger partial charge in [-0.1, -0.05) is 11.6 Å². The van der Waals surface area contributed by atoms with Crippen LogP contribution in [0.15, 0.2) is 36.8 Å². The van der Waals surface area contributed by atoms with E-state index in [1.807, 2.05) is 22.7 Å². The van der Waals surface area contributed by atoms with Crippen molar-refractivity contribution in [3.8, 4) is 11.3 Å². The molecular weight excluding hydrogens is 277 g/mol. The summed E-state index contributed by atoms with van der Waals surface area (Å²) in [6.45, 7) is 0. The summed E-state index contributed by atoms with van der Waals surface area (Å²) in [7, 11) is 0. The van der Waals surface area contributed by atoms with Crippen LogP contribution in [0.3, 0.4) is 0 Å². The molecule has 3 aromatic heterocycles. The lowest BCUT2D eigenvalue weighted by atomic mass is 10.1. The van der Waals surface area contributed by atoms with E-state index in [1.54, 1.807) is 6.20 Å². The Morgan fingerprint density at radius 3 is 2.85 bits per heavy atom. The standard InChI is InChI=1S/C15H11ClFN3/c16-11-3-4-13-19-14(10-5-12(17)7-18-6-10)15(9-1-2-9)20(13)8-11/h3-9H,1-2H2. The molecule has 0 radical (unpaired) electrons. The smallest absolute Gasteiger partial charge is 0.142 e. The molecule has 0 spiro atoms. The van der Waals surface area contributed by atoms with Crippen molar-refractivity contribution in [3.05, 3.63) is 53.3 Å². The first-order chi connectivity index (χ1) is 9.72. The zero-order valence-electron chi connectivity index (χ0n) is 10.6. The Morgan fingerprint density at radius 1 is 1.25 bits per heavy atom. The van der Waals surface area contributed by atoms with Crippen molar-refractivity contribution < 1.29 is 4.39 Å². The van der Waals surface area contributed by atoms with E-state index in [-0.39, 0.29) is 5.82 Å². The first-order valence-electron chi connectivity index (χ1n) is 6.51. The molecule has 3 aromatic rings. The van der Waals surface area contributed by atoms with Crippen LogP contribution in [-0.2, 0) is 0 Å². The van der Waals surface area contributed by atoms with Gasteiger partial charge in [0.25, 0.3) is 0 Å². The van der Waals surface area contributed by atoms with Crippen molar-refractivity contribution in [2.75, 3.05) is 0 Å². The Balaban J connectivity index is 2.01. The maximum atomic E-state index is 13.4. The monoisotopic (exact) mass is 287 g/mol. The van der Waals surface area contributed by atoms with E-state index in [4.69, 9.17) is 11.6 Å². The normalized spacial score (nSPS) is 14.9. The van der Waals surface area contributed by atoms with Gasteiger partial charge in [0.05, 0.1) is 22.6 Å². The van der Waals surface area contributed by atoms with E-state index < -0.39 is 0 Å². The quantitative estimate of drug-likeness (QED) is 0.711. The zero-order chi connectivity index (χ0) is 13.7. The number of halogens is 2. The van der Waals surface area contributed by atoms with E-state index in [1.165, 1.54) is 12.3 Å². The van der Waals surface area contributed by atoms with Gasteiger partial charge >= 0.3 is 0 Å². The predicted octanol–water partition coefficient (Wildman–Crippen LogP) is 4.07. The second kappa shape index (κ2) is 4.28. The Hall–Kier alpha value is -1.94. The second-order valence-electron chi connectivity index (χ2n) is 5.09. The van der Waals surface area contributed by atoms with Crippen LogP contribution < -0.4 is 0 Å². The third-order valence-corrected chi connectivity index (χ3v) is 3.79. The molecule has 0 amide bonds. The number of nitrogens with zero attached hydrogens (tertiary/aromatic N) is 3. The van der Waals surface area contributed by atoms with Gasteiger partial charge in [0, 0.05) is 23.9 Å². The van der Waals surface area contributed by atoms with Crippen LogP contribution in [0.1, 0.15) is 24.5 Å². The highest BCUT2D eigenvalue weighted by Crippen LogP contribution is 2.44. The molecule has 0 saturated heterocycles. The van der Waals surface area contributed by atoms with Crippen molar-refractivity contribution in [2.24, 2.45) is 0 Å². The number of hydrogen-bond acceptors (Lipinski definition) is 2. The van der Waals surface area contributed by atoms with Crippen LogP contribution in [-0.4, -0.2) is 14.4 Å². The lowest BCUT2D eigenvalue weighted by molar-refractivity contribution is 0.622. The van der Waals surface area contributed by atoms with E-state index in [9.17, 15) is 4.39 Å². The fourth-order valence-electron chi connectivity index (χ4n) is 2.54. The molecule has 0 bridgehead atoms. The number of pyridine rings is 2. The predicted molar refractivity (Wildman–Crippen MR) is 75.4 cm³/mol. The maximum Gasteiger partial charge on any atom is 0.142 e. The van der Waals surface area contributed by atoms with Gasteiger partial charge in [-0.15, -0.1) is 0 Å². The first-order valence-corrected chi connectivity index (χ1v) is 6.88. The summed E-state index contributed by atoms with van der Waals surface area (Å²) in [6.07, 6.45) is 6.99. The molecule has 1 aliphatic carbocycles. The van der Waals surface area contributed by atoms with Gasteiger partial charge in [0.2, 0.25) is 0 Å². The molecule has 1 fully saturated rings. The molecule has 1 saturated carbocycles. The van der Waals surface area contributed by atoms with E-state index in [0.29, 0.717) is 16.5 Å². The van der Waals surface area contributed by atoms with Gasteiger partial charge in [0.15, 0.2) is 0 Å². The zero-order valence-corrected chi connectivity index (χ0v) is 11.3. The number of hydrogen-bond donors (Lipinski definition) is 0. The molecule has 20 heavy (non-hydrogen) atoms. The summed E-state index contributed by atoms with van der Waals surface area (Å²) in [5, 5.41) is 0.667. The second-order valence-corrected chi connectivity index (χ2v) is 5.52. The van der Waals surface area contributed by atoms with Crippen LogP contribution in [0.25, 0.3) is 16.9 Å². The van der Waals surface area contributed by atoms with Gasteiger partial charge < -0.3 is 4.40 Å². The highest BCUT2D eigenvalue weighted by atomic mass is 35.5. The minimum atomic E-state index is -0.348. The molecule has 1 aliphatic rings. The molecule has 100 valence electrons. The summed E-state index contributed by atoms with van der Waals surface area (Å²) in [5.74, 6) is 0.126. The lowest BCUT2D eigenvalue weighted by Gasteiger charge is -2.03. The molecule has 0 N–H and O–H groups in total. The van der Waals surface area contributed by atoms with Gasteiger partial charge in [-0.25, -0.2) is 9.37 Å². The van der Waals surface area contributed by atoms with Crippen molar-refractivity contribution in [3.63, 3.8) is 0 Å². The molecule has 3 nitrogen and oxygen atoms in total. The molecule has 3 heterocycles. The van der Waals surface area contributed by atoms with Gasteiger partial charge in [-0.2, -0.15) is 0 Å². The fraction of sp³-hybridized carbons (Fsp3) is 0.200. The Kier molecular flexibility index (Phi) is 2.54. The molecule has 0 unspecified atom stereocenters. The summed E-state index contributed by atoms with van der Waals surface area (Å²) >= 11 is 6.08. The summed E-state index contributed by atoms with van der Waals surface area (Å²) in [5.41, 5.74) is 3.46. The van der Waals surface area contributed by atoms with E-state index >= 15 is 0 Å². The Bertz CT molecular complexity index is 808. The van der Waals surface area contributed by atoms with Crippen LogP contribution >= 0.6 is 11.6 Å². The minimum Gasteiger partial charge on any atom is -0.302 e. The van der Waals surface area contributed by atoms with Crippen LogP contribution in [0, 0.1) is 5.82 Å². The average molecular weight is 288 g/mol. The van der Waals surface area contributed by atoms with Crippen molar-refractivity contribution in [2.45, 2.75) is 18.8 Å². The average Bonchev–Trinajstić information content (AvgIpc) is 3.19. The highest BCUT2D eigenvalue weighted by molar-refractivity contribution is 6.30. The third-order valence-electron chi connectivity index (χ3n) is 3.56. The summed E-state index contributed by atoms with van der Waals surface area (Å²) in [4.78, 5) is 8.54. The van der Waals surface area contributed by atoms with E-state index in [0.717, 1.165) is 29.9 Å². The van der Waals surface area contributed by atoms with Crippen LogP contribution in [0.4, 0.5) is 4.39 Å². The number of aromatic nitrogens is 3. The molecule has 0 atom stereocenters. The Morgan fingerprint density at radius 2 is 2.10 bits per heavy atom. The van der Waals surface area contributed by atoms with E-state index in [2.05, 4.69) is 9.97 Å². The minimum absolute atomic E-state index is 0.348. The Labute approximate surface area is 120 Å². The molecule has 0 aliphatic heterocycles. The first kappa shape index (κ1) is 11.9. The number of rotatable bonds is 2.